The van der Waals surface area contributed by atoms with Crippen molar-refractivity contribution in [3.05, 3.63) is 23.8 Å². The second kappa shape index (κ2) is 6.59. The highest BCUT2D eigenvalue weighted by Gasteiger charge is 2.27. The molecule has 0 bridgehead atoms. The Kier molecular flexibility index (Phi) is 5.41. The highest BCUT2D eigenvalue weighted by Crippen LogP contribution is 2.37. The molecule has 0 aliphatic heterocycles. The molecule has 1 aromatic rings. The topological polar surface area (TPSA) is 44.5 Å². The highest BCUT2D eigenvalue weighted by molar-refractivity contribution is 5.42. The van der Waals surface area contributed by atoms with Crippen LogP contribution in [-0.4, -0.2) is 20.8 Å². The molecule has 0 aromatic heterocycles. The summed E-state index contributed by atoms with van der Waals surface area (Å²) >= 11 is 0. The van der Waals surface area contributed by atoms with E-state index in [2.05, 4.69) is 0 Å². The molecule has 0 saturated carbocycles. The van der Waals surface area contributed by atoms with Gasteiger partial charge in [-0.05, 0) is 24.6 Å². The number of benzene rings is 1. The Hall–Kier alpha value is -1.29. The number of ether oxygens (including phenoxy) is 2. The summed E-state index contributed by atoms with van der Waals surface area (Å²) in [5, 5.41) is 0. The van der Waals surface area contributed by atoms with E-state index in [0.717, 1.165) is 0 Å². The average Bonchev–Trinajstić information content (AvgIpc) is 2.38. The zero-order chi connectivity index (χ0) is 13.7. The van der Waals surface area contributed by atoms with Crippen molar-refractivity contribution in [2.45, 2.75) is 20.0 Å². The van der Waals surface area contributed by atoms with E-state index in [0.29, 0.717) is 23.6 Å². The molecule has 18 heavy (non-hydrogen) atoms. The van der Waals surface area contributed by atoms with Gasteiger partial charge in [0.1, 0.15) is 17.7 Å². The van der Waals surface area contributed by atoms with Gasteiger partial charge in [-0.3, -0.25) is 0 Å². The van der Waals surface area contributed by atoms with Crippen LogP contribution in [0, 0.1) is 11.8 Å². The Morgan fingerprint density at radius 2 is 1.89 bits per heavy atom. The van der Waals surface area contributed by atoms with Gasteiger partial charge in [0.15, 0.2) is 0 Å². The summed E-state index contributed by atoms with van der Waals surface area (Å²) in [7, 11) is 3.09. The smallest absolute Gasteiger partial charge is 0.133 e. The van der Waals surface area contributed by atoms with Gasteiger partial charge in [0.05, 0.1) is 14.2 Å². The zero-order valence-corrected chi connectivity index (χ0v) is 11.4. The molecule has 2 N–H and O–H groups in total. The van der Waals surface area contributed by atoms with Gasteiger partial charge in [-0.15, -0.1) is 0 Å². The molecule has 0 radical (unpaired) electrons. The fourth-order valence-corrected chi connectivity index (χ4v) is 2.01. The van der Waals surface area contributed by atoms with Gasteiger partial charge in [-0.25, -0.2) is 4.39 Å². The van der Waals surface area contributed by atoms with E-state index < -0.39 is 6.17 Å². The van der Waals surface area contributed by atoms with Crippen LogP contribution < -0.4 is 15.2 Å². The number of hydrogen-bond acceptors (Lipinski definition) is 3. The van der Waals surface area contributed by atoms with Gasteiger partial charge >= 0.3 is 0 Å². The predicted molar refractivity (Wildman–Crippen MR) is 70.8 cm³/mol. The molecule has 0 aliphatic rings. The van der Waals surface area contributed by atoms with E-state index in [4.69, 9.17) is 15.2 Å². The minimum absolute atomic E-state index is 0.178. The summed E-state index contributed by atoms with van der Waals surface area (Å²) in [6, 6.07) is 5.13. The second-order valence-corrected chi connectivity index (χ2v) is 4.65. The largest absolute Gasteiger partial charge is 0.497 e. The fourth-order valence-electron chi connectivity index (χ4n) is 2.01. The Bertz CT molecular complexity index is 382. The quantitative estimate of drug-likeness (QED) is 0.850. The Morgan fingerprint density at radius 3 is 2.33 bits per heavy atom. The highest BCUT2D eigenvalue weighted by atomic mass is 19.1. The van der Waals surface area contributed by atoms with Crippen LogP contribution in [0.4, 0.5) is 4.39 Å². The van der Waals surface area contributed by atoms with E-state index in [-0.39, 0.29) is 11.8 Å². The molecule has 4 heteroatoms. The van der Waals surface area contributed by atoms with E-state index in [9.17, 15) is 4.39 Å². The molecule has 102 valence electrons. The Morgan fingerprint density at radius 1 is 1.22 bits per heavy atom. The molecule has 1 aromatic carbocycles. The van der Waals surface area contributed by atoms with Crippen molar-refractivity contribution in [2.75, 3.05) is 20.8 Å². The zero-order valence-electron chi connectivity index (χ0n) is 11.4. The summed E-state index contributed by atoms with van der Waals surface area (Å²) in [6.07, 6.45) is -1.13. The minimum Gasteiger partial charge on any atom is -0.497 e. The third kappa shape index (κ3) is 3.13. The molecular formula is C14H22FNO2. The van der Waals surface area contributed by atoms with Crippen LogP contribution in [0.1, 0.15) is 25.6 Å². The maximum Gasteiger partial charge on any atom is 0.133 e. The molecule has 2 atom stereocenters. The van der Waals surface area contributed by atoms with Crippen LogP contribution in [0.25, 0.3) is 0 Å². The summed E-state index contributed by atoms with van der Waals surface area (Å²) in [4.78, 5) is 0. The number of halogens is 1. The standard InChI is InChI=1S/C14H22FNO2/c1-9(2)12(8-16)14(15)11-6-5-10(17-3)7-13(11)18-4/h5-7,9,12,14H,8,16H2,1-4H3. The molecule has 3 nitrogen and oxygen atoms in total. The summed E-state index contributed by atoms with van der Waals surface area (Å²) in [5.74, 6) is 1.11. The van der Waals surface area contributed by atoms with Crippen molar-refractivity contribution < 1.29 is 13.9 Å². The van der Waals surface area contributed by atoms with E-state index in [1.165, 1.54) is 7.11 Å². The molecular weight excluding hydrogens is 233 g/mol. The maximum absolute atomic E-state index is 14.5. The first-order valence-electron chi connectivity index (χ1n) is 6.11. The lowest BCUT2D eigenvalue weighted by Crippen LogP contribution is -2.24. The first-order valence-corrected chi connectivity index (χ1v) is 6.11. The number of rotatable bonds is 6. The normalized spacial score (nSPS) is 14.4. The van der Waals surface area contributed by atoms with Crippen molar-refractivity contribution in [1.29, 1.82) is 0 Å². The Labute approximate surface area is 108 Å². The van der Waals surface area contributed by atoms with Crippen molar-refractivity contribution in [3.8, 4) is 11.5 Å². The average molecular weight is 255 g/mol. The number of alkyl halides is 1. The lowest BCUT2D eigenvalue weighted by molar-refractivity contribution is 0.184. The summed E-state index contributed by atoms with van der Waals surface area (Å²) in [5.41, 5.74) is 6.18. The third-order valence-electron chi connectivity index (χ3n) is 3.24. The molecule has 0 heterocycles. The van der Waals surface area contributed by atoms with Crippen LogP contribution in [0.15, 0.2) is 18.2 Å². The van der Waals surface area contributed by atoms with Gasteiger partial charge in [0.25, 0.3) is 0 Å². The third-order valence-corrected chi connectivity index (χ3v) is 3.24. The first kappa shape index (κ1) is 14.8. The van der Waals surface area contributed by atoms with Crippen LogP contribution in [0.3, 0.4) is 0 Å². The van der Waals surface area contributed by atoms with Gasteiger partial charge in [-0.2, -0.15) is 0 Å². The molecule has 0 spiro atoms. The van der Waals surface area contributed by atoms with E-state index >= 15 is 0 Å². The lowest BCUT2D eigenvalue weighted by atomic mass is 9.87. The van der Waals surface area contributed by atoms with Gasteiger partial charge in [0, 0.05) is 17.5 Å². The van der Waals surface area contributed by atoms with Crippen LogP contribution in [0.5, 0.6) is 11.5 Å². The van der Waals surface area contributed by atoms with Crippen LogP contribution >= 0.6 is 0 Å². The number of nitrogens with two attached hydrogens (primary N) is 1. The second-order valence-electron chi connectivity index (χ2n) is 4.65. The molecule has 0 aliphatic carbocycles. The molecule has 0 saturated heterocycles. The minimum atomic E-state index is -1.13. The van der Waals surface area contributed by atoms with Crippen molar-refractivity contribution in [1.82, 2.24) is 0 Å². The van der Waals surface area contributed by atoms with Gasteiger partial charge < -0.3 is 15.2 Å². The number of hydrogen-bond donors (Lipinski definition) is 1. The monoisotopic (exact) mass is 255 g/mol. The summed E-state index contributed by atoms with van der Waals surface area (Å²) in [6.45, 7) is 4.26. The fraction of sp³-hybridized carbons (Fsp3) is 0.571. The number of methoxy groups -OCH3 is 2. The SMILES string of the molecule is COc1ccc(C(F)C(CN)C(C)C)c(OC)c1. The first-order chi connectivity index (χ1) is 8.54. The van der Waals surface area contributed by atoms with Crippen molar-refractivity contribution in [3.63, 3.8) is 0 Å². The van der Waals surface area contributed by atoms with Gasteiger partial charge in [0.2, 0.25) is 0 Å². The van der Waals surface area contributed by atoms with Gasteiger partial charge in [-0.1, -0.05) is 13.8 Å². The summed E-state index contributed by atoms with van der Waals surface area (Å²) < 4.78 is 24.9. The molecule has 1 rings (SSSR count). The van der Waals surface area contributed by atoms with Crippen LogP contribution in [0.2, 0.25) is 0 Å². The maximum atomic E-state index is 14.5. The van der Waals surface area contributed by atoms with Crippen molar-refractivity contribution in [2.24, 2.45) is 17.6 Å². The van der Waals surface area contributed by atoms with Crippen molar-refractivity contribution >= 4 is 0 Å². The van der Waals surface area contributed by atoms with E-state index in [1.807, 2.05) is 13.8 Å². The van der Waals surface area contributed by atoms with E-state index in [1.54, 1.807) is 25.3 Å². The lowest BCUT2D eigenvalue weighted by Gasteiger charge is -2.24. The van der Waals surface area contributed by atoms with Crippen LogP contribution in [-0.2, 0) is 0 Å². The predicted octanol–water partition coefficient (Wildman–Crippen LogP) is 2.95. The molecule has 0 fully saturated rings. The Balaban J connectivity index is 3.07. The molecule has 0 amide bonds. The molecule has 2 unspecified atom stereocenters.